The molecule has 1 aromatic heterocycles. The Kier molecular flexibility index (Phi) is 3.91. The van der Waals surface area contributed by atoms with Crippen LogP contribution in [-0.2, 0) is 9.53 Å². The average Bonchev–Trinajstić information content (AvgIpc) is 2.21. The number of carbonyl (C=O) groups is 1. The van der Waals surface area contributed by atoms with Crippen molar-refractivity contribution >= 4 is 17.3 Å². The number of nitrogens with zero attached hydrogens (tertiary/aromatic N) is 1. The van der Waals surface area contributed by atoms with E-state index in [2.05, 4.69) is 10.3 Å². The van der Waals surface area contributed by atoms with Gasteiger partial charge in [-0.25, -0.2) is 4.79 Å². The number of esters is 1. The fourth-order valence-electron chi connectivity index (χ4n) is 1.10. The first-order valence-corrected chi connectivity index (χ1v) is 4.77. The maximum Gasteiger partial charge on any atom is 0.328 e. The zero-order chi connectivity index (χ0) is 11.3. The van der Waals surface area contributed by atoms with E-state index in [9.17, 15) is 4.79 Å². The molecule has 0 aliphatic heterocycles. The molecule has 5 heteroatoms. The van der Waals surface area contributed by atoms with Crippen LogP contribution >= 0.6 is 0 Å². The minimum atomic E-state index is -0.422. The number of anilines is 2. The number of hydrogen-bond donors (Lipinski definition) is 2. The molecule has 82 valence electrons. The summed E-state index contributed by atoms with van der Waals surface area (Å²) in [7, 11) is 0. The van der Waals surface area contributed by atoms with Crippen molar-refractivity contribution in [2.24, 2.45) is 0 Å². The Hall–Kier alpha value is -1.78. The van der Waals surface area contributed by atoms with Crippen LogP contribution in [0.25, 0.3) is 0 Å². The van der Waals surface area contributed by atoms with Gasteiger partial charge in [-0.15, -0.1) is 0 Å². The molecule has 0 saturated heterocycles. The summed E-state index contributed by atoms with van der Waals surface area (Å²) in [6.07, 6.45) is 3.14. The van der Waals surface area contributed by atoms with Crippen LogP contribution < -0.4 is 11.1 Å². The summed E-state index contributed by atoms with van der Waals surface area (Å²) < 4.78 is 4.86. The van der Waals surface area contributed by atoms with Crippen molar-refractivity contribution in [3.8, 4) is 0 Å². The third-order valence-electron chi connectivity index (χ3n) is 1.86. The van der Waals surface area contributed by atoms with E-state index in [1.165, 1.54) is 6.20 Å². The van der Waals surface area contributed by atoms with Crippen LogP contribution in [-0.4, -0.2) is 23.6 Å². The molecule has 15 heavy (non-hydrogen) atoms. The van der Waals surface area contributed by atoms with Gasteiger partial charge in [0.15, 0.2) is 0 Å². The average molecular weight is 209 g/mol. The van der Waals surface area contributed by atoms with Crippen LogP contribution in [0, 0.1) is 0 Å². The Bertz CT molecular complexity index is 341. The summed E-state index contributed by atoms with van der Waals surface area (Å²) in [6.45, 7) is 3.86. The fourth-order valence-corrected chi connectivity index (χ4v) is 1.10. The van der Waals surface area contributed by atoms with Crippen molar-refractivity contribution < 1.29 is 9.53 Å². The summed E-state index contributed by atoms with van der Waals surface area (Å²) in [6, 6.07) is 1.29. The number of nitrogen functional groups attached to an aromatic ring is 1. The second kappa shape index (κ2) is 5.19. The molecule has 1 atom stereocenters. The first-order chi connectivity index (χ1) is 7.15. The lowest BCUT2D eigenvalue weighted by molar-refractivity contribution is -0.143. The minimum absolute atomic E-state index is 0.297. The van der Waals surface area contributed by atoms with Gasteiger partial charge < -0.3 is 15.8 Å². The highest BCUT2D eigenvalue weighted by atomic mass is 16.5. The van der Waals surface area contributed by atoms with E-state index < -0.39 is 6.04 Å². The third kappa shape index (κ3) is 3.12. The van der Waals surface area contributed by atoms with Crippen molar-refractivity contribution in [3.63, 3.8) is 0 Å². The molecule has 1 aromatic rings. The second-order valence-corrected chi connectivity index (χ2v) is 3.08. The predicted molar refractivity (Wildman–Crippen MR) is 58.4 cm³/mol. The van der Waals surface area contributed by atoms with Crippen LogP contribution in [0.1, 0.15) is 13.8 Å². The minimum Gasteiger partial charge on any atom is -0.464 e. The van der Waals surface area contributed by atoms with E-state index in [1.807, 2.05) is 0 Å². The summed E-state index contributed by atoms with van der Waals surface area (Å²) in [5, 5.41) is 2.96. The van der Waals surface area contributed by atoms with E-state index in [0.29, 0.717) is 18.0 Å². The van der Waals surface area contributed by atoms with Crippen LogP contribution in [0.3, 0.4) is 0 Å². The number of carbonyl (C=O) groups excluding carboxylic acids is 1. The lowest BCUT2D eigenvalue weighted by Crippen LogP contribution is -2.28. The van der Waals surface area contributed by atoms with Crippen LogP contribution in [0.2, 0.25) is 0 Å². The number of rotatable bonds is 4. The van der Waals surface area contributed by atoms with Gasteiger partial charge in [-0.2, -0.15) is 0 Å². The highest BCUT2D eigenvalue weighted by molar-refractivity contribution is 5.80. The van der Waals surface area contributed by atoms with Gasteiger partial charge in [0.25, 0.3) is 0 Å². The van der Waals surface area contributed by atoms with E-state index in [-0.39, 0.29) is 5.97 Å². The molecule has 5 nitrogen and oxygen atoms in total. The van der Waals surface area contributed by atoms with Crippen molar-refractivity contribution in [2.45, 2.75) is 19.9 Å². The van der Waals surface area contributed by atoms with Gasteiger partial charge in [-0.3, -0.25) is 4.98 Å². The monoisotopic (exact) mass is 209 g/mol. The molecule has 0 radical (unpaired) electrons. The van der Waals surface area contributed by atoms with Crippen molar-refractivity contribution in [1.82, 2.24) is 4.98 Å². The molecule has 0 saturated carbocycles. The number of nitrogens with two attached hydrogens (primary N) is 1. The molecule has 0 amide bonds. The van der Waals surface area contributed by atoms with Gasteiger partial charge in [0, 0.05) is 6.20 Å². The van der Waals surface area contributed by atoms with Crippen molar-refractivity contribution in [1.29, 1.82) is 0 Å². The molecule has 0 aliphatic rings. The van der Waals surface area contributed by atoms with E-state index >= 15 is 0 Å². The number of hydrogen-bond acceptors (Lipinski definition) is 5. The molecule has 0 aromatic carbocycles. The maximum atomic E-state index is 11.3. The van der Waals surface area contributed by atoms with Crippen molar-refractivity contribution in [3.05, 3.63) is 18.5 Å². The van der Waals surface area contributed by atoms with E-state index in [4.69, 9.17) is 10.5 Å². The molecule has 0 spiro atoms. The molecule has 1 unspecified atom stereocenters. The number of ether oxygens (including phenoxy) is 1. The van der Waals surface area contributed by atoms with Gasteiger partial charge in [-0.1, -0.05) is 0 Å². The molecule has 0 fully saturated rings. The van der Waals surface area contributed by atoms with Gasteiger partial charge in [0.2, 0.25) is 0 Å². The number of pyridine rings is 1. The normalized spacial score (nSPS) is 11.9. The van der Waals surface area contributed by atoms with Crippen LogP contribution in [0.5, 0.6) is 0 Å². The smallest absolute Gasteiger partial charge is 0.328 e. The highest BCUT2D eigenvalue weighted by Crippen LogP contribution is 2.16. The number of nitrogens with one attached hydrogen (secondary N) is 1. The van der Waals surface area contributed by atoms with E-state index in [1.54, 1.807) is 26.1 Å². The van der Waals surface area contributed by atoms with Crippen LogP contribution in [0.15, 0.2) is 18.5 Å². The first-order valence-electron chi connectivity index (χ1n) is 4.77. The SMILES string of the molecule is CCOC(=O)C(C)Nc1ccncc1N. The van der Waals surface area contributed by atoms with Gasteiger partial charge in [0.05, 0.1) is 24.2 Å². The number of aromatic nitrogens is 1. The lowest BCUT2D eigenvalue weighted by atomic mass is 10.3. The zero-order valence-corrected chi connectivity index (χ0v) is 8.86. The Morgan fingerprint density at radius 3 is 3.07 bits per heavy atom. The fraction of sp³-hybridized carbons (Fsp3) is 0.400. The molecule has 0 aliphatic carbocycles. The lowest BCUT2D eigenvalue weighted by Gasteiger charge is -2.14. The topological polar surface area (TPSA) is 77.2 Å². The molecular formula is C10H15N3O2. The Balaban J connectivity index is 2.62. The second-order valence-electron chi connectivity index (χ2n) is 3.08. The third-order valence-corrected chi connectivity index (χ3v) is 1.86. The molecule has 3 N–H and O–H groups in total. The molecule has 1 heterocycles. The van der Waals surface area contributed by atoms with Gasteiger partial charge in [-0.05, 0) is 19.9 Å². The Labute approximate surface area is 88.6 Å². The van der Waals surface area contributed by atoms with Gasteiger partial charge >= 0.3 is 5.97 Å². The summed E-state index contributed by atoms with van der Waals surface area (Å²) >= 11 is 0. The summed E-state index contributed by atoms with van der Waals surface area (Å²) in [5.41, 5.74) is 6.86. The summed E-state index contributed by atoms with van der Waals surface area (Å²) in [4.78, 5) is 15.2. The molecular weight excluding hydrogens is 194 g/mol. The molecule has 1 rings (SSSR count). The van der Waals surface area contributed by atoms with Gasteiger partial charge in [0.1, 0.15) is 6.04 Å². The van der Waals surface area contributed by atoms with Crippen molar-refractivity contribution in [2.75, 3.05) is 17.7 Å². The Morgan fingerprint density at radius 1 is 1.73 bits per heavy atom. The van der Waals surface area contributed by atoms with Crippen LogP contribution in [0.4, 0.5) is 11.4 Å². The first kappa shape index (κ1) is 11.3. The predicted octanol–water partition coefficient (Wildman–Crippen LogP) is 1.03. The molecule has 0 bridgehead atoms. The zero-order valence-electron chi connectivity index (χ0n) is 8.86. The quantitative estimate of drug-likeness (QED) is 0.724. The maximum absolute atomic E-state index is 11.3. The Morgan fingerprint density at radius 2 is 2.47 bits per heavy atom. The summed E-state index contributed by atoms with van der Waals surface area (Å²) in [5.74, 6) is -0.297. The largest absolute Gasteiger partial charge is 0.464 e. The highest BCUT2D eigenvalue weighted by Gasteiger charge is 2.14. The standard InChI is InChI=1S/C10H15N3O2/c1-3-15-10(14)7(2)13-9-4-5-12-6-8(9)11/h4-7H,3,11H2,1-2H3,(H,12,13). The van der Waals surface area contributed by atoms with E-state index in [0.717, 1.165) is 0 Å².